The normalized spacial score (nSPS) is 12.9. The zero-order valence-corrected chi connectivity index (χ0v) is 44.8. The van der Waals surface area contributed by atoms with Crippen molar-refractivity contribution in [2.75, 3.05) is 26.4 Å². The van der Waals surface area contributed by atoms with Gasteiger partial charge in [-0.05, 0) is 155 Å². The van der Waals surface area contributed by atoms with Crippen molar-refractivity contribution in [3.63, 3.8) is 0 Å². The quantitative estimate of drug-likeness (QED) is 0.0385. The first-order valence-electron chi connectivity index (χ1n) is 27.8. The van der Waals surface area contributed by atoms with Crippen molar-refractivity contribution in [2.45, 2.75) is 158 Å². The molecule has 0 aliphatic heterocycles. The van der Waals surface area contributed by atoms with Crippen molar-refractivity contribution in [3.8, 4) is 23.0 Å². The van der Waals surface area contributed by atoms with Crippen molar-refractivity contribution < 1.29 is 18.9 Å². The third kappa shape index (κ3) is 18.8. The summed E-state index contributed by atoms with van der Waals surface area (Å²) in [6.45, 7) is 21.2. The maximum Gasteiger partial charge on any atom is 0.119 e. The van der Waals surface area contributed by atoms with Gasteiger partial charge in [-0.3, -0.25) is 0 Å². The van der Waals surface area contributed by atoms with Gasteiger partial charge in [0.15, 0.2) is 0 Å². The second-order valence-electron chi connectivity index (χ2n) is 19.8. The summed E-state index contributed by atoms with van der Waals surface area (Å²) in [6.07, 6.45) is 23.9. The summed E-state index contributed by atoms with van der Waals surface area (Å²) in [5.41, 5.74) is 9.16. The van der Waals surface area contributed by atoms with E-state index in [0.717, 1.165) is 120 Å². The summed E-state index contributed by atoms with van der Waals surface area (Å²) in [4.78, 5) is 0. The Morgan fingerprint density at radius 3 is 0.714 bits per heavy atom. The molecule has 0 aromatic heterocycles. The molecule has 0 amide bonds. The molecule has 0 spiro atoms. The van der Waals surface area contributed by atoms with Crippen LogP contribution in [-0.2, 0) is 0 Å². The van der Waals surface area contributed by atoms with E-state index in [1.165, 1.54) is 77.0 Å². The molecule has 0 aliphatic rings. The highest BCUT2D eigenvalue weighted by molar-refractivity contribution is 5.93. The van der Waals surface area contributed by atoms with Gasteiger partial charge in [-0.2, -0.15) is 0 Å². The van der Waals surface area contributed by atoms with Crippen LogP contribution in [0.5, 0.6) is 23.0 Å². The van der Waals surface area contributed by atoms with Gasteiger partial charge in [-0.25, -0.2) is 0 Å². The Morgan fingerprint density at radius 1 is 0.314 bits per heavy atom. The van der Waals surface area contributed by atoms with Gasteiger partial charge in [0, 0.05) is 0 Å². The van der Waals surface area contributed by atoms with E-state index in [0.29, 0.717) is 23.7 Å². The molecule has 5 aromatic rings. The van der Waals surface area contributed by atoms with Crippen LogP contribution in [0.25, 0.3) is 23.3 Å². The second kappa shape index (κ2) is 31.9. The Hall–Kier alpha value is -5.22. The van der Waals surface area contributed by atoms with Crippen LogP contribution < -0.4 is 18.9 Å². The highest BCUT2D eigenvalue weighted by Gasteiger charge is 2.14. The van der Waals surface area contributed by atoms with Crippen LogP contribution in [0.2, 0.25) is 0 Å². The van der Waals surface area contributed by atoms with Crippen molar-refractivity contribution in [2.24, 2.45) is 23.7 Å². The fraction of sp³-hybridized carbons (Fsp3) is 0.485. The van der Waals surface area contributed by atoms with Gasteiger partial charge in [0.1, 0.15) is 23.0 Å². The van der Waals surface area contributed by atoms with Gasteiger partial charge >= 0.3 is 0 Å². The number of rotatable bonds is 34. The Bertz CT molecular complexity index is 1910. The second-order valence-corrected chi connectivity index (χ2v) is 19.8. The molecule has 378 valence electrons. The third-order valence-electron chi connectivity index (χ3n) is 14.3. The number of hydrogen-bond acceptors (Lipinski definition) is 4. The molecule has 0 saturated heterocycles. The minimum atomic E-state index is 0.585. The topological polar surface area (TPSA) is 36.9 Å². The molecular formula is C66H90O4. The maximum atomic E-state index is 6.35. The Morgan fingerprint density at radius 2 is 0.529 bits per heavy atom. The fourth-order valence-electron chi connectivity index (χ4n) is 9.06. The highest BCUT2D eigenvalue weighted by Crippen LogP contribution is 2.33. The van der Waals surface area contributed by atoms with E-state index in [4.69, 9.17) is 18.9 Å². The monoisotopic (exact) mass is 947 g/mol. The number of ether oxygens (including phenoxy) is 4. The zero-order valence-electron chi connectivity index (χ0n) is 44.8. The van der Waals surface area contributed by atoms with Crippen LogP contribution in [0.1, 0.15) is 192 Å². The van der Waals surface area contributed by atoms with Crippen LogP contribution in [0, 0.1) is 23.7 Å². The largest absolute Gasteiger partial charge is 0.493 e. The standard InChI is InChI=1S/C66H90O4/c1-9-17-21-51(13-5)47-67-61-37-29-57(30-38-61)65(58-31-39-62(40-32-58)68-48-52(14-6)22-18-10-2)45-55-25-27-56(28-26-55)46-66(59-33-41-63(42-34-59)69-49-53(15-7)23-19-11-3)60-35-43-64(44-36-60)70-50-54(16-8)24-20-12-4/h25-46,51-54H,9-24,47-50H2,1-8H3. The lowest BCUT2D eigenvalue weighted by Gasteiger charge is -2.17. The van der Waals surface area contributed by atoms with Gasteiger partial charge in [0.25, 0.3) is 0 Å². The summed E-state index contributed by atoms with van der Waals surface area (Å²) < 4.78 is 25.4. The van der Waals surface area contributed by atoms with Crippen LogP contribution in [0.4, 0.5) is 0 Å². The predicted octanol–water partition coefficient (Wildman–Crippen LogP) is 19.2. The summed E-state index contributed by atoms with van der Waals surface area (Å²) in [5.74, 6) is 6.03. The first-order chi connectivity index (χ1) is 34.3. The SMILES string of the molecule is CCCCC(CC)COc1ccc(C(=Cc2ccc(C=C(c3ccc(OCC(CC)CCCC)cc3)c3ccc(OCC(CC)CCCC)cc3)cc2)c2ccc(OCC(CC)CCCC)cc2)cc1. The molecular weight excluding hydrogens is 857 g/mol. The Labute approximate surface area is 426 Å². The smallest absolute Gasteiger partial charge is 0.119 e. The van der Waals surface area contributed by atoms with Crippen LogP contribution >= 0.6 is 0 Å². The zero-order chi connectivity index (χ0) is 49.8. The number of unbranched alkanes of at least 4 members (excludes halogenated alkanes) is 4. The average molecular weight is 947 g/mol. The molecule has 0 heterocycles. The van der Waals surface area contributed by atoms with E-state index in [1.54, 1.807) is 0 Å². The Kier molecular flexibility index (Phi) is 25.4. The summed E-state index contributed by atoms with van der Waals surface area (Å²) >= 11 is 0. The molecule has 4 atom stereocenters. The van der Waals surface area contributed by atoms with E-state index < -0.39 is 0 Å². The minimum absolute atomic E-state index is 0.585. The van der Waals surface area contributed by atoms with Crippen molar-refractivity contribution in [1.82, 2.24) is 0 Å². The molecule has 5 aromatic carbocycles. The minimum Gasteiger partial charge on any atom is -0.493 e. The summed E-state index contributed by atoms with van der Waals surface area (Å²) in [5, 5.41) is 0. The lowest BCUT2D eigenvalue weighted by molar-refractivity contribution is 0.233. The maximum absolute atomic E-state index is 6.35. The van der Waals surface area contributed by atoms with Gasteiger partial charge in [0.2, 0.25) is 0 Å². The molecule has 0 N–H and O–H groups in total. The van der Waals surface area contributed by atoms with Crippen LogP contribution in [0.3, 0.4) is 0 Å². The number of benzene rings is 5. The van der Waals surface area contributed by atoms with E-state index in [-0.39, 0.29) is 0 Å². The predicted molar refractivity (Wildman–Crippen MR) is 301 cm³/mol. The lowest BCUT2D eigenvalue weighted by atomic mass is 9.94. The van der Waals surface area contributed by atoms with E-state index >= 15 is 0 Å². The van der Waals surface area contributed by atoms with Gasteiger partial charge in [0.05, 0.1) is 26.4 Å². The van der Waals surface area contributed by atoms with Crippen molar-refractivity contribution in [1.29, 1.82) is 0 Å². The first kappa shape index (κ1) is 55.7. The van der Waals surface area contributed by atoms with Crippen molar-refractivity contribution in [3.05, 3.63) is 155 Å². The van der Waals surface area contributed by atoms with Gasteiger partial charge in [-0.15, -0.1) is 0 Å². The number of hydrogen-bond donors (Lipinski definition) is 0. The molecule has 0 bridgehead atoms. The highest BCUT2D eigenvalue weighted by atomic mass is 16.5. The molecule has 4 nitrogen and oxygen atoms in total. The van der Waals surface area contributed by atoms with Crippen LogP contribution in [0.15, 0.2) is 121 Å². The first-order valence-corrected chi connectivity index (χ1v) is 27.8. The van der Waals surface area contributed by atoms with E-state index in [2.05, 4.69) is 189 Å². The average Bonchev–Trinajstić information content (AvgIpc) is 3.41. The van der Waals surface area contributed by atoms with Crippen molar-refractivity contribution >= 4 is 23.3 Å². The molecule has 4 unspecified atom stereocenters. The summed E-state index contributed by atoms with van der Waals surface area (Å²) in [7, 11) is 0. The third-order valence-corrected chi connectivity index (χ3v) is 14.3. The van der Waals surface area contributed by atoms with E-state index in [9.17, 15) is 0 Å². The van der Waals surface area contributed by atoms with Gasteiger partial charge in [-0.1, -0.05) is 205 Å². The molecule has 5 rings (SSSR count). The summed E-state index contributed by atoms with van der Waals surface area (Å²) in [6, 6.07) is 43.6. The molecule has 70 heavy (non-hydrogen) atoms. The lowest BCUT2D eigenvalue weighted by Crippen LogP contribution is -2.11. The molecule has 0 fully saturated rings. The van der Waals surface area contributed by atoms with Gasteiger partial charge < -0.3 is 18.9 Å². The molecule has 0 saturated carbocycles. The molecule has 4 heteroatoms. The molecule has 0 aliphatic carbocycles. The van der Waals surface area contributed by atoms with E-state index in [1.807, 2.05) is 0 Å². The van der Waals surface area contributed by atoms with Crippen LogP contribution in [-0.4, -0.2) is 26.4 Å². The fourth-order valence-corrected chi connectivity index (χ4v) is 9.06. The Balaban J connectivity index is 1.44. The molecule has 0 radical (unpaired) electrons.